The molecule has 0 bridgehead atoms. The van der Waals surface area contributed by atoms with Crippen molar-refractivity contribution in [2.75, 3.05) is 0 Å². The van der Waals surface area contributed by atoms with Gasteiger partial charge in [-0.25, -0.2) is 0 Å². The Bertz CT molecular complexity index is 3960. The summed E-state index contributed by atoms with van der Waals surface area (Å²) in [6.07, 6.45) is 35.8. The standard InChI is InChI=1S/C87H86N2/c1-2-3-10-43-82(88)86(78-56-66(60-27-11-4-12-28-60)45-49-74(78)75-50-46-67(57-79(75)86)61-29-13-5-14-30-61)72-41-25-39-70(54-72)85(84(64-35-19-8-20-36-64)65-37-21-9-22-38-65)71-40-26-42-73(55-71)87(83-44-23-24-53-89-83)80-58-68(62-31-15-6-16-32-62)47-51-76(80)77-52-48-69(59-81(77)87)63-33-17-7-18-34-63/h2-3,8-10,19-26,35-63,88H,4-7,11-18,27-34H2,1H3/b3-2-,43-10-,88-82?. The van der Waals surface area contributed by atoms with E-state index in [1.165, 1.54) is 212 Å². The summed E-state index contributed by atoms with van der Waals surface area (Å²) in [7, 11) is 0. The lowest BCUT2D eigenvalue weighted by molar-refractivity contribution is 0.443. The highest BCUT2D eigenvalue weighted by atomic mass is 14.7. The molecule has 6 aliphatic carbocycles. The lowest BCUT2D eigenvalue weighted by Crippen LogP contribution is -2.35. The van der Waals surface area contributed by atoms with E-state index in [4.69, 9.17) is 4.98 Å². The van der Waals surface area contributed by atoms with Crippen molar-refractivity contribution in [1.29, 1.82) is 5.41 Å². The second-order valence-electron chi connectivity index (χ2n) is 27.2. The van der Waals surface area contributed by atoms with E-state index < -0.39 is 10.8 Å². The van der Waals surface area contributed by atoms with Crippen molar-refractivity contribution in [2.45, 2.75) is 170 Å². The second kappa shape index (κ2) is 25.0. The van der Waals surface area contributed by atoms with E-state index in [1.807, 2.05) is 6.20 Å². The molecule has 2 heteroatoms. The van der Waals surface area contributed by atoms with E-state index in [0.29, 0.717) is 29.4 Å². The van der Waals surface area contributed by atoms with Crippen LogP contribution in [-0.4, -0.2) is 10.7 Å². The maximum Gasteiger partial charge on any atom is 0.0886 e. The first kappa shape index (κ1) is 57.3. The van der Waals surface area contributed by atoms with Gasteiger partial charge in [0.2, 0.25) is 0 Å². The summed E-state index contributed by atoms with van der Waals surface area (Å²) >= 11 is 0. The van der Waals surface area contributed by atoms with Crippen LogP contribution in [0.1, 0.15) is 243 Å². The molecular formula is C87H86N2. The molecule has 1 aromatic heterocycles. The van der Waals surface area contributed by atoms with Crippen LogP contribution in [0.15, 0.2) is 231 Å². The number of nitrogens with zero attached hydrogens (tertiary/aromatic N) is 1. The molecule has 0 saturated heterocycles. The van der Waals surface area contributed by atoms with Gasteiger partial charge in [-0.15, -0.1) is 0 Å². The summed E-state index contributed by atoms with van der Waals surface area (Å²) in [4.78, 5) is 5.53. The Morgan fingerprint density at radius 3 is 1.18 bits per heavy atom. The molecule has 0 amide bonds. The van der Waals surface area contributed by atoms with Gasteiger partial charge in [-0.05, 0) is 224 Å². The minimum atomic E-state index is -0.896. The predicted octanol–water partition coefficient (Wildman–Crippen LogP) is 23.1. The van der Waals surface area contributed by atoms with Crippen LogP contribution in [-0.2, 0) is 10.8 Å². The maximum absolute atomic E-state index is 10.9. The number of hydrogen-bond acceptors (Lipinski definition) is 2. The third kappa shape index (κ3) is 10.3. The fraction of sp³-hybridized carbons (Fsp3) is 0.310. The van der Waals surface area contributed by atoms with Gasteiger partial charge in [0, 0.05) is 6.20 Å². The van der Waals surface area contributed by atoms with Crippen LogP contribution < -0.4 is 0 Å². The zero-order valence-corrected chi connectivity index (χ0v) is 52.3. The molecule has 0 spiro atoms. The maximum atomic E-state index is 10.9. The van der Waals surface area contributed by atoms with Crippen LogP contribution in [0.2, 0.25) is 0 Å². The molecule has 0 aliphatic heterocycles. The van der Waals surface area contributed by atoms with Gasteiger partial charge in [0.1, 0.15) is 0 Å². The van der Waals surface area contributed by atoms with E-state index >= 15 is 0 Å². The molecule has 0 atom stereocenters. The van der Waals surface area contributed by atoms with E-state index in [9.17, 15) is 5.41 Å². The second-order valence-corrected chi connectivity index (χ2v) is 27.2. The highest BCUT2D eigenvalue weighted by Gasteiger charge is 2.50. The molecule has 0 radical (unpaired) electrons. The average molecular weight is 1160 g/mol. The summed E-state index contributed by atoms with van der Waals surface area (Å²) < 4.78 is 0. The number of allylic oxidation sites excluding steroid dienone is 4. The van der Waals surface area contributed by atoms with Gasteiger partial charge in [-0.1, -0.05) is 271 Å². The summed E-state index contributed by atoms with van der Waals surface area (Å²) in [5.41, 5.74) is 25.6. The first-order valence-electron chi connectivity index (χ1n) is 34.5. The Labute approximate surface area is 530 Å². The lowest BCUT2D eigenvalue weighted by atomic mass is 9.66. The monoisotopic (exact) mass is 1160 g/mol. The van der Waals surface area contributed by atoms with Gasteiger partial charge in [0.05, 0.1) is 22.2 Å². The van der Waals surface area contributed by atoms with Gasteiger partial charge in [0.15, 0.2) is 0 Å². The number of aromatic nitrogens is 1. The number of benzene rings is 8. The van der Waals surface area contributed by atoms with Gasteiger partial charge >= 0.3 is 0 Å². The van der Waals surface area contributed by atoms with Crippen LogP contribution in [0, 0.1) is 5.41 Å². The molecule has 0 unspecified atom stereocenters. The van der Waals surface area contributed by atoms with E-state index in [2.05, 4.69) is 231 Å². The largest absolute Gasteiger partial charge is 0.304 e. The third-order valence-electron chi connectivity index (χ3n) is 22.2. The zero-order chi connectivity index (χ0) is 59.7. The summed E-state index contributed by atoms with van der Waals surface area (Å²) in [6, 6.07) is 78.5. The topological polar surface area (TPSA) is 36.7 Å². The Morgan fingerprint density at radius 2 is 0.753 bits per heavy atom. The van der Waals surface area contributed by atoms with Crippen LogP contribution >= 0.6 is 0 Å². The SMILES string of the molecule is C/C=C\C=C/C(=N)C1(c2cccc(C(=C(c3ccccc3)c3ccccc3)c3cccc(C4(c5ccccn5)c5cc(C6CCCCC6)ccc5-c5ccc(C6CCCCC6)cc54)c3)c2)c2cc(C3CCCCC3)ccc2-c2ccc(C3CCCCC3)cc21. The van der Waals surface area contributed by atoms with E-state index in [0.717, 1.165) is 33.5 Å². The summed E-state index contributed by atoms with van der Waals surface area (Å²) in [5, 5.41) is 10.9. The molecule has 6 aliphatic rings. The predicted molar refractivity (Wildman–Crippen MR) is 373 cm³/mol. The van der Waals surface area contributed by atoms with E-state index in [-0.39, 0.29) is 0 Å². The van der Waals surface area contributed by atoms with Gasteiger partial charge in [0.25, 0.3) is 0 Å². The molecule has 89 heavy (non-hydrogen) atoms. The lowest BCUT2D eigenvalue weighted by Gasteiger charge is -2.35. The van der Waals surface area contributed by atoms with Gasteiger partial charge in [-0.2, -0.15) is 0 Å². The van der Waals surface area contributed by atoms with Crippen LogP contribution in [0.25, 0.3) is 33.4 Å². The molecular weight excluding hydrogens is 1070 g/mol. The number of pyridine rings is 1. The molecule has 15 rings (SSSR count). The third-order valence-corrected chi connectivity index (χ3v) is 22.2. The van der Waals surface area contributed by atoms with Crippen molar-refractivity contribution in [2.24, 2.45) is 0 Å². The normalized spacial score (nSPS) is 18.3. The van der Waals surface area contributed by atoms with Crippen molar-refractivity contribution in [1.82, 2.24) is 4.98 Å². The Hall–Kier alpha value is -8.20. The number of rotatable bonds is 14. The smallest absolute Gasteiger partial charge is 0.0886 e. The summed E-state index contributed by atoms with van der Waals surface area (Å²) in [5.74, 6) is 2.12. The molecule has 2 nitrogen and oxygen atoms in total. The van der Waals surface area contributed by atoms with Crippen molar-refractivity contribution in [3.63, 3.8) is 0 Å². The minimum absolute atomic E-state index is 0.513. The number of nitrogens with one attached hydrogen (secondary N) is 1. The van der Waals surface area contributed by atoms with Crippen molar-refractivity contribution < 1.29 is 0 Å². The van der Waals surface area contributed by atoms with E-state index in [1.54, 1.807) is 0 Å². The fourth-order valence-electron chi connectivity index (χ4n) is 17.9. The Morgan fingerprint density at radius 1 is 0.371 bits per heavy atom. The number of hydrogen-bond donors (Lipinski definition) is 1. The zero-order valence-electron chi connectivity index (χ0n) is 52.3. The molecule has 4 fully saturated rings. The number of fused-ring (bicyclic) bond motifs is 6. The quantitative estimate of drug-likeness (QED) is 0.0658. The first-order chi connectivity index (χ1) is 44.0. The average Bonchev–Trinajstić information content (AvgIpc) is 1.58. The molecule has 1 N–H and O–H groups in total. The fourth-order valence-corrected chi connectivity index (χ4v) is 17.9. The molecule has 444 valence electrons. The highest BCUT2D eigenvalue weighted by Crippen LogP contribution is 2.59. The van der Waals surface area contributed by atoms with Crippen LogP contribution in [0.4, 0.5) is 0 Å². The first-order valence-corrected chi connectivity index (χ1v) is 34.5. The van der Waals surface area contributed by atoms with Gasteiger partial charge < -0.3 is 5.41 Å². The minimum Gasteiger partial charge on any atom is -0.304 e. The molecule has 1 heterocycles. The molecule has 8 aromatic carbocycles. The van der Waals surface area contributed by atoms with Crippen LogP contribution in [0.3, 0.4) is 0 Å². The molecule has 9 aromatic rings. The van der Waals surface area contributed by atoms with Crippen molar-refractivity contribution in [3.05, 3.63) is 314 Å². The van der Waals surface area contributed by atoms with Gasteiger partial charge in [-0.3, -0.25) is 4.98 Å². The van der Waals surface area contributed by atoms with Crippen molar-refractivity contribution in [3.8, 4) is 22.3 Å². The van der Waals surface area contributed by atoms with Crippen LogP contribution in [0.5, 0.6) is 0 Å². The van der Waals surface area contributed by atoms with Crippen molar-refractivity contribution >= 4 is 16.9 Å². The Balaban J connectivity index is 1.01. The highest BCUT2D eigenvalue weighted by molar-refractivity contribution is 6.12. The summed E-state index contributed by atoms with van der Waals surface area (Å²) in [6.45, 7) is 2.08. The molecule has 4 saturated carbocycles. The Kier molecular flexibility index (Phi) is 16.1.